The van der Waals surface area contributed by atoms with E-state index in [4.69, 9.17) is 23.7 Å². The zero-order valence-corrected chi connectivity index (χ0v) is 22.6. The van der Waals surface area contributed by atoms with Gasteiger partial charge in [0.1, 0.15) is 35.0 Å². The van der Waals surface area contributed by atoms with Gasteiger partial charge in [0.05, 0.1) is 31.5 Å². The molecular formula is C28H35N3O7. The highest BCUT2D eigenvalue weighted by molar-refractivity contribution is 5.98. The minimum Gasteiger partial charge on any atom is -0.491 e. The monoisotopic (exact) mass is 525 g/mol. The summed E-state index contributed by atoms with van der Waals surface area (Å²) in [4.78, 5) is 26.2. The van der Waals surface area contributed by atoms with Gasteiger partial charge in [0.2, 0.25) is 0 Å². The van der Waals surface area contributed by atoms with Crippen molar-refractivity contribution in [3.05, 3.63) is 48.2 Å². The molecule has 0 radical (unpaired) electrons. The molecule has 38 heavy (non-hydrogen) atoms. The van der Waals surface area contributed by atoms with Gasteiger partial charge in [-0.15, -0.1) is 0 Å². The van der Waals surface area contributed by atoms with Gasteiger partial charge in [0.25, 0.3) is 0 Å². The summed E-state index contributed by atoms with van der Waals surface area (Å²) in [5, 5.41) is 5.05. The largest absolute Gasteiger partial charge is 0.491 e. The number of fused-ring (bicyclic) bond motifs is 1. The van der Waals surface area contributed by atoms with Crippen molar-refractivity contribution >= 4 is 23.0 Å². The van der Waals surface area contributed by atoms with Gasteiger partial charge in [-0.3, -0.25) is 4.68 Å². The SMILES string of the molecule is COC(=O)c1cc2cnn(C)c2cc1Oc1ccc(OCCOC2CCN(C(=O)OC(C)(C)C)CC2)cc1. The van der Waals surface area contributed by atoms with Crippen LogP contribution in [-0.2, 0) is 21.3 Å². The van der Waals surface area contributed by atoms with Gasteiger partial charge in [0, 0.05) is 31.6 Å². The molecule has 1 fully saturated rings. The molecule has 10 heteroatoms. The lowest BCUT2D eigenvalue weighted by atomic mass is 10.1. The third-order valence-corrected chi connectivity index (χ3v) is 6.10. The van der Waals surface area contributed by atoms with Crippen LogP contribution in [0, 0.1) is 0 Å². The zero-order valence-electron chi connectivity index (χ0n) is 22.6. The number of methoxy groups -OCH3 is 1. The number of aromatic nitrogens is 2. The van der Waals surface area contributed by atoms with E-state index in [9.17, 15) is 9.59 Å². The van der Waals surface area contributed by atoms with Crippen LogP contribution in [0.3, 0.4) is 0 Å². The number of carbonyl (C=O) groups is 2. The Kier molecular flexibility index (Phi) is 8.41. The first kappa shape index (κ1) is 27.3. The predicted molar refractivity (Wildman–Crippen MR) is 141 cm³/mol. The summed E-state index contributed by atoms with van der Waals surface area (Å²) in [6.07, 6.45) is 3.04. The number of hydrogen-bond acceptors (Lipinski definition) is 8. The maximum atomic E-state index is 12.3. The Hall–Kier alpha value is -3.79. The summed E-state index contributed by atoms with van der Waals surface area (Å²) < 4.78 is 29.8. The van der Waals surface area contributed by atoms with Crippen molar-refractivity contribution in [2.75, 3.05) is 33.4 Å². The van der Waals surface area contributed by atoms with Crippen LogP contribution in [0.25, 0.3) is 10.9 Å². The first-order valence-corrected chi connectivity index (χ1v) is 12.7. The predicted octanol–water partition coefficient (Wildman–Crippen LogP) is 4.95. The Morgan fingerprint density at radius 2 is 1.71 bits per heavy atom. The van der Waals surface area contributed by atoms with Crippen LogP contribution in [0.2, 0.25) is 0 Å². The van der Waals surface area contributed by atoms with E-state index in [1.54, 1.807) is 52.2 Å². The summed E-state index contributed by atoms with van der Waals surface area (Å²) in [5.41, 5.74) is 0.664. The van der Waals surface area contributed by atoms with Gasteiger partial charge in [0.15, 0.2) is 0 Å². The molecule has 0 saturated carbocycles. The van der Waals surface area contributed by atoms with Gasteiger partial charge < -0.3 is 28.6 Å². The van der Waals surface area contributed by atoms with E-state index in [0.717, 1.165) is 23.7 Å². The molecule has 204 valence electrons. The van der Waals surface area contributed by atoms with Crippen molar-refractivity contribution in [3.63, 3.8) is 0 Å². The minimum absolute atomic E-state index is 0.0915. The fraction of sp³-hybridized carbons (Fsp3) is 0.464. The zero-order chi connectivity index (χ0) is 27.3. The molecule has 1 saturated heterocycles. The Bertz CT molecular complexity index is 1260. The first-order chi connectivity index (χ1) is 18.1. The van der Waals surface area contributed by atoms with Crippen LogP contribution < -0.4 is 9.47 Å². The highest BCUT2D eigenvalue weighted by Crippen LogP contribution is 2.31. The van der Waals surface area contributed by atoms with Gasteiger partial charge in [-0.1, -0.05) is 0 Å². The molecule has 10 nitrogen and oxygen atoms in total. The van der Waals surface area contributed by atoms with Crippen molar-refractivity contribution in [2.45, 2.75) is 45.3 Å². The average molecular weight is 526 g/mol. The van der Waals surface area contributed by atoms with Crippen LogP contribution in [0.1, 0.15) is 44.0 Å². The quantitative estimate of drug-likeness (QED) is 0.301. The average Bonchev–Trinajstić information content (AvgIpc) is 3.25. The van der Waals surface area contributed by atoms with Crippen molar-refractivity contribution < 1.29 is 33.3 Å². The summed E-state index contributed by atoms with van der Waals surface area (Å²) >= 11 is 0. The van der Waals surface area contributed by atoms with Crippen LogP contribution in [-0.4, -0.2) is 71.9 Å². The molecule has 3 aromatic rings. The lowest BCUT2D eigenvalue weighted by Crippen LogP contribution is -2.43. The molecule has 4 rings (SSSR count). The molecule has 0 aliphatic carbocycles. The topological polar surface area (TPSA) is 101 Å². The summed E-state index contributed by atoms with van der Waals surface area (Å²) in [6.45, 7) is 7.68. The third-order valence-electron chi connectivity index (χ3n) is 6.10. The van der Waals surface area contributed by atoms with Gasteiger partial charge >= 0.3 is 12.1 Å². The molecule has 1 aromatic heterocycles. The molecule has 2 aromatic carbocycles. The molecule has 1 aliphatic rings. The van der Waals surface area contributed by atoms with E-state index in [-0.39, 0.29) is 12.2 Å². The molecule has 1 amide bonds. The molecule has 0 spiro atoms. The number of carbonyl (C=O) groups excluding carboxylic acids is 2. The van der Waals surface area contributed by atoms with E-state index in [1.807, 2.05) is 27.8 Å². The highest BCUT2D eigenvalue weighted by atomic mass is 16.6. The van der Waals surface area contributed by atoms with Crippen molar-refractivity contribution in [1.82, 2.24) is 14.7 Å². The number of rotatable bonds is 8. The molecule has 2 heterocycles. The Morgan fingerprint density at radius 1 is 1.03 bits per heavy atom. The minimum atomic E-state index is -0.494. The molecule has 0 atom stereocenters. The van der Waals surface area contributed by atoms with E-state index in [0.29, 0.717) is 49.1 Å². The Labute approximate surface area is 222 Å². The first-order valence-electron chi connectivity index (χ1n) is 12.7. The normalized spacial score (nSPS) is 14.4. The maximum Gasteiger partial charge on any atom is 0.410 e. The number of nitrogens with zero attached hydrogens (tertiary/aromatic N) is 3. The molecular weight excluding hydrogens is 490 g/mol. The van der Waals surface area contributed by atoms with Gasteiger partial charge in [-0.25, -0.2) is 9.59 Å². The summed E-state index contributed by atoms with van der Waals surface area (Å²) in [6, 6.07) is 10.6. The number of ether oxygens (including phenoxy) is 5. The second kappa shape index (κ2) is 11.7. The summed E-state index contributed by atoms with van der Waals surface area (Å²) in [7, 11) is 3.16. The fourth-order valence-corrected chi connectivity index (χ4v) is 4.17. The highest BCUT2D eigenvalue weighted by Gasteiger charge is 2.27. The number of esters is 1. The van der Waals surface area contributed by atoms with E-state index < -0.39 is 11.6 Å². The second-order valence-electron chi connectivity index (χ2n) is 10.1. The van der Waals surface area contributed by atoms with Crippen molar-refractivity contribution in [2.24, 2.45) is 7.05 Å². The molecule has 1 aliphatic heterocycles. The number of amides is 1. The summed E-state index contributed by atoms with van der Waals surface area (Å²) in [5.74, 6) is 1.13. The molecule has 0 bridgehead atoms. The van der Waals surface area contributed by atoms with Gasteiger partial charge in [-0.2, -0.15) is 5.10 Å². The lowest BCUT2D eigenvalue weighted by Gasteiger charge is -2.33. The standard InChI is InChI=1S/C28H35N3O7/c1-28(2,3)38-27(33)31-12-10-21(11-13-31)36-15-14-35-20-6-8-22(9-7-20)37-25-17-24-19(18-29-30(24)4)16-23(25)26(32)34-5/h6-9,16-18,21H,10-15H2,1-5H3. The van der Waals surface area contributed by atoms with Gasteiger partial charge in [-0.05, 0) is 63.9 Å². The van der Waals surface area contributed by atoms with E-state index >= 15 is 0 Å². The molecule has 0 unspecified atom stereocenters. The number of aryl methyl sites for hydroxylation is 1. The number of piperidine rings is 1. The van der Waals surface area contributed by atoms with E-state index in [1.165, 1.54) is 7.11 Å². The fourth-order valence-electron chi connectivity index (χ4n) is 4.17. The van der Waals surface area contributed by atoms with Crippen LogP contribution in [0.4, 0.5) is 4.79 Å². The molecule has 0 N–H and O–H groups in total. The second-order valence-corrected chi connectivity index (χ2v) is 10.1. The van der Waals surface area contributed by atoms with E-state index in [2.05, 4.69) is 5.10 Å². The Morgan fingerprint density at radius 3 is 2.37 bits per heavy atom. The number of likely N-dealkylation sites (tertiary alicyclic amines) is 1. The maximum absolute atomic E-state index is 12.3. The van der Waals surface area contributed by atoms with Crippen molar-refractivity contribution in [1.29, 1.82) is 0 Å². The number of benzene rings is 2. The Balaban J connectivity index is 1.24. The smallest absolute Gasteiger partial charge is 0.410 e. The van der Waals surface area contributed by atoms with Crippen LogP contribution >= 0.6 is 0 Å². The van der Waals surface area contributed by atoms with Crippen molar-refractivity contribution in [3.8, 4) is 17.2 Å². The lowest BCUT2D eigenvalue weighted by molar-refractivity contribution is -0.0177. The van der Waals surface area contributed by atoms with Crippen LogP contribution in [0.15, 0.2) is 42.6 Å². The third kappa shape index (κ3) is 6.95. The van der Waals surface area contributed by atoms with Crippen LogP contribution in [0.5, 0.6) is 17.2 Å². The number of hydrogen-bond donors (Lipinski definition) is 0.